The highest BCUT2D eigenvalue weighted by molar-refractivity contribution is 6.08. The van der Waals surface area contributed by atoms with E-state index >= 15 is 0 Å². The Kier molecular flexibility index (Phi) is 25.5. The van der Waals surface area contributed by atoms with Gasteiger partial charge >= 0.3 is 6.03 Å². The molecule has 0 aromatic heterocycles. The fourth-order valence-corrected chi connectivity index (χ4v) is 3.30. The Morgan fingerprint density at radius 1 is 0.609 bits per heavy atom. The molecule has 0 spiro atoms. The van der Waals surface area contributed by atoms with Crippen molar-refractivity contribution in [3.8, 4) is 0 Å². The summed E-state index contributed by atoms with van der Waals surface area (Å²) in [5, 5.41) is 0. The molecular weight excluding hydrogens is 300 g/mol. The van der Waals surface area contributed by atoms with Crippen LogP contribution in [0.4, 0.5) is 4.79 Å². The molecule has 0 rings (SSSR count). The van der Waals surface area contributed by atoms with Gasteiger partial charge in [-0.1, -0.05) is 116 Å². The van der Waals surface area contributed by atoms with Crippen molar-refractivity contribution in [3.63, 3.8) is 0 Å². The molecule has 0 aromatic carbocycles. The molecule has 0 aliphatic carbocycles. The third kappa shape index (κ3) is 34.0. The number of carbonyl (C=O) groups is 1. The molecule has 0 aliphatic heterocycles. The van der Waals surface area contributed by atoms with Gasteiger partial charge in [0.25, 0.3) is 0 Å². The van der Waals surface area contributed by atoms with E-state index in [-0.39, 0.29) is 0 Å². The van der Waals surface area contributed by atoms with Crippen molar-refractivity contribution in [1.82, 2.24) is 0 Å². The van der Waals surface area contributed by atoms with Gasteiger partial charge in [-0.2, -0.15) is 0 Å². The Morgan fingerprint density at radius 3 is 1.04 bits per heavy atom. The summed E-state index contributed by atoms with van der Waals surface area (Å²) < 4.78 is 0. The molecule has 0 fully saturated rings. The molecule has 4 N–H and O–H groups in total. The van der Waals surface area contributed by atoms with Gasteiger partial charge in [-0.25, -0.2) is 4.79 Å². The van der Waals surface area contributed by atoms with Gasteiger partial charge in [-0.05, 0) is 0 Å². The smallest absolute Gasteiger partial charge is 0.309 e. The van der Waals surface area contributed by atoms with E-state index in [9.17, 15) is 0 Å². The van der Waals surface area contributed by atoms with E-state index in [2.05, 4.69) is 18.4 Å². The normalized spacial score (nSPS) is 10.3. The number of urea groups is 1. The zero-order valence-corrected chi connectivity index (χ0v) is 18.1. The lowest BCUT2D eigenvalue weighted by molar-refractivity contribution is 0.256. The standard InChI is InChI=1S/C18H40Si.CH4N2O/c1-2-3-4-5-6-7-8-9-10-11-12-13-14-15-16-17-18-19;2-1(3)4/h2-18H2,1,19H3;(H4,2,3,4). The van der Waals surface area contributed by atoms with Crippen molar-refractivity contribution in [3.05, 3.63) is 0 Å². The topological polar surface area (TPSA) is 69.1 Å². The van der Waals surface area contributed by atoms with Gasteiger partial charge in [0, 0.05) is 10.2 Å². The monoisotopic (exact) mass is 344 g/mol. The highest BCUT2D eigenvalue weighted by Gasteiger charge is 1.94. The number of hydrogen-bond acceptors (Lipinski definition) is 1. The van der Waals surface area contributed by atoms with Crippen molar-refractivity contribution in [1.29, 1.82) is 0 Å². The zero-order valence-electron chi connectivity index (χ0n) is 16.1. The van der Waals surface area contributed by atoms with Gasteiger partial charge in [0.15, 0.2) is 0 Å². The average Bonchev–Trinajstić information content (AvgIpc) is 2.50. The van der Waals surface area contributed by atoms with Crippen LogP contribution in [-0.4, -0.2) is 16.3 Å². The minimum atomic E-state index is -0.833. The van der Waals surface area contributed by atoms with Gasteiger partial charge in [-0.3, -0.25) is 0 Å². The third-order valence-electron chi connectivity index (χ3n) is 4.21. The molecule has 0 bridgehead atoms. The van der Waals surface area contributed by atoms with Crippen molar-refractivity contribution >= 4 is 16.3 Å². The lowest BCUT2D eigenvalue weighted by atomic mass is 10.0. The van der Waals surface area contributed by atoms with Crippen LogP contribution in [0, 0.1) is 0 Å². The minimum Gasteiger partial charge on any atom is -0.352 e. The summed E-state index contributed by atoms with van der Waals surface area (Å²) in [6, 6.07) is 0.679. The predicted molar refractivity (Wildman–Crippen MR) is 108 cm³/mol. The summed E-state index contributed by atoms with van der Waals surface area (Å²) in [6.07, 6.45) is 23.7. The summed E-state index contributed by atoms with van der Waals surface area (Å²) >= 11 is 0. The van der Waals surface area contributed by atoms with Crippen LogP contribution in [0.25, 0.3) is 0 Å². The summed E-state index contributed by atoms with van der Waals surface area (Å²) in [5.74, 6) is 0. The molecule has 23 heavy (non-hydrogen) atoms. The predicted octanol–water partition coefficient (Wildman–Crippen LogP) is 5.06. The molecule has 0 aromatic rings. The van der Waals surface area contributed by atoms with Crippen molar-refractivity contribution in [2.24, 2.45) is 11.5 Å². The first kappa shape index (κ1) is 24.7. The second kappa shape index (κ2) is 23.7. The van der Waals surface area contributed by atoms with Gasteiger partial charge < -0.3 is 11.5 Å². The SMILES string of the molecule is CCCCCCCCCCCCCCCCCC[SiH3].NC(N)=O. The maximum absolute atomic E-state index is 9.00. The number of nitrogens with two attached hydrogens (primary N) is 2. The second-order valence-corrected chi connectivity index (χ2v) is 7.71. The highest BCUT2D eigenvalue weighted by Crippen LogP contribution is 2.13. The molecule has 140 valence electrons. The van der Waals surface area contributed by atoms with E-state index in [0.29, 0.717) is 0 Å². The Labute approximate surface area is 148 Å². The maximum atomic E-state index is 9.00. The van der Waals surface area contributed by atoms with Gasteiger partial charge in [0.05, 0.1) is 0 Å². The van der Waals surface area contributed by atoms with Gasteiger partial charge in [-0.15, -0.1) is 0 Å². The van der Waals surface area contributed by atoms with E-state index in [0.717, 1.165) is 0 Å². The van der Waals surface area contributed by atoms with E-state index in [1.807, 2.05) is 0 Å². The number of unbranched alkanes of at least 4 members (excludes halogenated alkanes) is 15. The summed E-state index contributed by atoms with van der Waals surface area (Å²) in [4.78, 5) is 9.00. The van der Waals surface area contributed by atoms with Crippen molar-refractivity contribution in [2.75, 3.05) is 0 Å². The molecule has 0 heterocycles. The fourth-order valence-electron chi connectivity index (χ4n) is 2.80. The lowest BCUT2D eigenvalue weighted by Gasteiger charge is -2.03. The molecule has 0 saturated heterocycles. The quantitative estimate of drug-likeness (QED) is 0.298. The van der Waals surface area contributed by atoms with Crippen LogP contribution >= 0.6 is 0 Å². The number of amides is 2. The Hall–Kier alpha value is -0.513. The number of primary amides is 2. The number of hydrogen-bond donors (Lipinski definition) is 2. The lowest BCUT2D eigenvalue weighted by Crippen LogP contribution is -2.18. The summed E-state index contributed by atoms with van der Waals surface area (Å²) in [5.41, 5.74) is 8.50. The Bertz CT molecular complexity index is 205. The van der Waals surface area contributed by atoms with E-state index in [4.69, 9.17) is 4.79 Å². The second-order valence-electron chi connectivity index (χ2n) is 6.71. The first-order valence-electron chi connectivity index (χ1n) is 10.2. The molecule has 0 aliphatic rings. The fraction of sp³-hybridized carbons (Fsp3) is 0.947. The van der Waals surface area contributed by atoms with Crippen LogP contribution in [0.2, 0.25) is 6.04 Å². The molecule has 4 heteroatoms. The molecule has 0 atom stereocenters. The molecule has 0 unspecified atom stereocenters. The van der Waals surface area contributed by atoms with Crippen LogP contribution in [0.5, 0.6) is 0 Å². The van der Waals surface area contributed by atoms with Crippen LogP contribution in [-0.2, 0) is 0 Å². The zero-order chi connectivity index (χ0) is 17.6. The van der Waals surface area contributed by atoms with Crippen LogP contribution in [0.15, 0.2) is 0 Å². The van der Waals surface area contributed by atoms with E-state index in [1.54, 1.807) is 0 Å². The van der Waals surface area contributed by atoms with E-state index in [1.165, 1.54) is 119 Å². The summed E-state index contributed by atoms with van der Waals surface area (Å²) in [6.45, 7) is 2.30. The largest absolute Gasteiger partial charge is 0.352 e. The van der Waals surface area contributed by atoms with Crippen LogP contribution < -0.4 is 11.5 Å². The molecule has 0 saturated carbocycles. The summed E-state index contributed by atoms with van der Waals surface area (Å²) in [7, 11) is 1.41. The first-order valence-corrected chi connectivity index (χ1v) is 11.6. The molecule has 3 nitrogen and oxygen atoms in total. The Balaban J connectivity index is 0. The third-order valence-corrected chi connectivity index (χ3v) is 4.91. The first-order chi connectivity index (χ1) is 11.1. The molecule has 2 amide bonds. The minimum absolute atomic E-state index is 0.833. The van der Waals surface area contributed by atoms with Crippen LogP contribution in [0.3, 0.4) is 0 Å². The Morgan fingerprint density at radius 2 is 0.826 bits per heavy atom. The van der Waals surface area contributed by atoms with Crippen LogP contribution in [0.1, 0.15) is 110 Å². The van der Waals surface area contributed by atoms with Crippen molar-refractivity contribution < 1.29 is 4.79 Å². The van der Waals surface area contributed by atoms with Gasteiger partial charge in [0.1, 0.15) is 0 Å². The number of rotatable bonds is 16. The van der Waals surface area contributed by atoms with Gasteiger partial charge in [0.2, 0.25) is 0 Å². The van der Waals surface area contributed by atoms with Crippen molar-refractivity contribution in [2.45, 2.75) is 116 Å². The maximum Gasteiger partial charge on any atom is 0.309 e. The number of carbonyl (C=O) groups excluding carboxylic acids is 1. The molecular formula is C19H44N2OSi. The highest BCUT2D eigenvalue weighted by atomic mass is 28.1. The average molecular weight is 345 g/mol. The molecule has 0 radical (unpaired) electrons. The van der Waals surface area contributed by atoms with E-state index < -0.39 is 6.03 Å².